The Morgan fingerprint density at radius 3 is 2.58 bits per heavy atom. The first-order valence-corrected chi connectivity index (χ1v) is 12.4. The molecule has 182 valence electrons. The maximum Gasteiger partial charge on any atom is 0.236 e. The van der Waals surface area contributed by atoms with E-state index in [0.29, 0.717) is 5.92 Å². The Bertz CT molecular complexity index is 1530. The largest absolute Gasteiger partial charge is 0.294 e. The molecule has 0 radical (unpaired) electrons. The summed E-state index contributed by atoms with van der Waals surface area (Å²) in [5.41, 5.74) is 9.75. The molecule has 0 spiro atoms. The van der Waals surface area contributed by atoms with Crippen LogP contribution in [0.4, 0.5) is 0 Å². The molecular weight excluding hydrogens is 452 g/mol. The van der Waals surface area contributed by atoms with Crippen LogP contribution in [0.1, 0.15) is 37.1 Å². The van der Waals surface area contributed by atoms with Gasteiger partial charge in [-0.25, -0.2) is 10.8 Å². The molecule has 0 atom stereocenters. The predicted molar refractivity (Wildman–Crippen MR) is 138 cm³/mol. The third-order valence-electron chi connectivity index (χ3n) is 7.39. The van der Waals surface area contributed by atoms with E-state index in [1.165, 1.54) is 0 Å². The fourth-order valence-corrected chi connectivity index (χ4v) is 5.41. The Morgan fingerprint density at radius 2 is 1.86 bits per heavy atom. The zero-order valence-electron chi connectivity index (χ0n) is 20.1. The second-order valence-electron chi connectivity index (χ2n) is 9.63. The van der Waals surface area contributed by atoms with Gasteiger partial charge in [0, 0.05) is 34.5 Å². The minimum absolute atomic E-state index is 0.00478. The van der Waals surface area contributed by atoms with Gasteiger partial charge in [0.25, 0.3) is 0 Å². The van der Waals surface area contributed by atoms with Gasteiger partial charge in [-0.05, 0) is 51.0 Å². The van der Waals surface area contributed by atoms with Crippen LogP contribution < -0.4 is 11.3 Å². The fourth-order valence-electron chi connectivity index (χ4n) is 5.41. The zero-order chi connectivity index (χ0) is 24.6. The van der Waals surface area contributed by atoms with E-state index in [9.17, 15) is 4.79 Å². The van der Waals surface area contributed by atoms with Crippen molar-refractivity contribution in [2.24, 2.45) is 17.7 Å². The van der Waals surface area contributed by atoms with Gasteiger partial charge in [0.1, 0.15) is 0 Å². The van der Waals surface area contributed by atoms with Crippen LogP contribution in [0.15, 0.2) is 54.9 Å². The Hall–Kier alpha value is -4.11. The van der Waals surface area contributed by atoms with Gasteiger partial charge in [-0.1, -0.05) is 36.4 Å². The molecule has 0 unspecified atom stereocenters. The number of benzene rings is 1. The fraction of sp³-hybridized carbons (Fsp3) is 0.296. The van der Waals surface area contributed by atoms with Crippen molar-refractivity contribution >= 4 is 22.6 Å². The van der Waals surface area contributed by atoms with Crippen LogP contribution in [0, 0.1) is 18.8 Å². The monoisotopic (exact) mass is 480 g/mol. The Kier molecular flexibility index (Phi) is 5.69. The van der Waals surface area contributed by atoms with E-state index in [-0.39, 0.29) is 11.8 Å². The molecule has 4 N–H and O–H groups in total. The molecule has 4 aromatic heterocycles. The molecule has 1 aliphatic rings. The average molecular weight is 481 g/mol. The van der Waals surface area contributed by atoms with Gasteiger partial charge in [0.15, 0.2) is 11.3 Å². The van der Waals surface area contributed by atoms with Gasteiger partial charge < -0.3 is 0 Å². The Balaban J connectivity index is 1.35. The number of aromatic nitrogens is 6. The number of aryl methyl sites for hydroxylation is 1. The topological polar surface area (TPSA) is 127 Å². The van der Waals surface area contributed by atoms with E-state index in [0.717, 1.165) is 82.6 Å². The second kappa shape index (κ2) is 9.16. The summed E-state index contributed by atoms with van der Waals surface area (Å²) in [5, 5.41) is 13.3. The first kappa shape index (κ1) is 22.4. The number of rotatable bonds is 5. The highest BCUT2D eigenvalue weighted by atomic mass is 16.2. The normalized spacial score (nSPS) is 18.1. The third kappa shape index (κ3) is 3.91. The van der Waals surface area contributed by atoms with E-state index in [1.807, 2.05) is 48.1 Å². The molecule has 5 aromatic rings. The van der Waals surface area contributed by atoms with E-state index in [4.69, 9.17) is 15.8 Å². The number of carbonyl (C=O) groups excluding carboxylic acids is 1. The molecule has 0 saturated heterocycles. The Morgan fingerprint density at radius 1 is 1.06 bits per heavy atom. The molecule has 9 nitrogen and oxygen atoms in total. The highest BCUT2D eigenvalue weighted by Crippen LogP contribution is 2.34. The molecule has 0 bridgehead atoms. The molecule has 6 rings (SSSR count). The van der Waals surface area contributed by atoms with Crippen molar-refractivity contribution in [1.82, 2.24) is 35.2 Å². The summed E-state index contributed by atoms with van der Waals surface area (Å²) >= 11 is 0. The lowest BCUT2D eigenvalue weighted by atomic mass is 9.79. The van der Waals surface area contributed by atoms with Crippen LogP contribution in [0.5, 0.6) is 0 Å². The number of pyridine rings is 1. The standard InChI is InChI=1S/C27H28N8O/c1-16-24-23(13-17-7-9-19(10-8-17)27(36)32-28)31-25-21(15-30-35(25)26(24)34-33-16)20-11-12-22(29-14-20)18-5-3-2-4-6-18/h2-6,11-12,14-15,17,19H,7-10,13,28H2,1H3,(H,32,36)(H,33,34). The minimum Gasteiger partial charge on any atom is -0.294 e. The molecular formula is C27H28N8O. The first-order chi connectivity index (χ1) is 17.6. The van der Waals surface area contributed by atoms with Crippen LogP contribution in [0.2, 0.25) is 0 Å². The van der Waals surface area contributed by atoms with Crippen LogP contribution >= 0.6 is 0 Å². The summed E-state index contributed by atoms with van der Waals surface area (Å²) in [4.78, 5) is 21.8. The summed E-state index contributed by atoms with van der Waals surface area (Å²) in [6.07, 6.45) is 8.19. The summed E-state index contributed by atoms with van der Waals surface area (Å²) in [7, 11) is 0. The first-order valence-electron chi connectivity index (χ1n) is 12.4. The van der Waals surface area contributed by atoms with E-state index in [2.05, 4.69) is 38.9 Å². The van der Waals surface area contributed by atoms with Gasteiger partial charge >= 0.3 is 0 Å². The molecule has 1 fully saturated rings. The smallest absolute Gasteiger partial charge is 0.236 e. The number of hydrazine groups is 1. The second-order valence-corrected chi connectivity index (χ2v) is 9.63. The summed E-state index contributed by atoms with van der Waals surface area (Å²) in [6, 6.07) is 14.2. The number of amides is 1. The number of fused-ring (bicyclic) bond motifs is 3. The number of hydrogen-bond acceptors (Lipinski definition) is 6. The SMILES string of the molecule is Cc1[nH]nc2c1c(CC1CCC(C(=O)NN)CC1)nc1c(-c3ccc(-c4ccccc4)nc3)cnn12. The molecule has 9 heteroatoms. The highest BCUT2D eigenvalue weighted by Gasteiger charge is 2.27. The number of H-pyrrole nitrogens is 1. The number of nitrogens with two attached hydrogens (primary N) is 1. The van der Waals surface area contributed by atoms with Gasteiger partial charge in [-0.3, -0.25) is 20.3 Å². The van der Waals surface area contributed by atoms with Crippen LogP contribution in [0.3, 0.4) is 0 Å². The van der Waals surface area contributed by atoms with Crippen molar-refractivity contribution in [2.75, 3.05) is 0 Å². The summed E-state index contributed by atoms with van der Waals surface area (Å²) in [6.45, 7) is 2.02. The third-order valence-corrected chi connectivity index (χ3v) is 7.39. The summed E-state index contributed by atoms with van der Waals surface area (Å²) < 4.78 is 1.81. The van der Waals surface area contributed by atoms with Crippen molar-refractivity contribution in [1.29, 1.82) is 0 Å². The van der Waals surface area contributed by atoms with Crippen molar-refractivity contribution < 1.29 is 4.79 Å². The van der Waals surface area contributed by atoms with Gasteiger partial charge in [0.2, 0.25) is 5.91 Å². The Labute approximate surface area is 208 Å². The van der Waals surface area contributed by atoms with Gasteiger partial charge in [0.05, 0.1) is 23.0 Å². The van der Waals surface area contributed by atoms with Crippen LogP contribution in [-0.4, -0.2) is 35.7 Å². The van der Waals surface area contributed by atoms with Crippen molar-refractivity contribution in [3.63, 3.8) is 0 Å². The highest BCUT2D eigenvalue weighted by molar-refractivity contribution is 5.87. The molecule has 1 amide bonds. The average Bonchev–Trinajstić information content (AvgIpc) is 3.53. The van der Waals surface area contributed by atoms with Gasteiger partial charge in [-0.15, -0.1) is 0 Å². The van der Waals surface area contributed by atoms with E-state index >= 15 is 0 Å². The zero-order valence-corrected chi connectivity index (χ0v) is 20.1. The lowest BCUT2D eigenvalue weighted by Crippen LogP contribution is -2.37. The summed E-state index contributed by atoms with van der Waals surface area (Å²) in [5.74, 6) is 5.74. The minimum atomic E-state index is -0.0585. The number of carbonyl (C=O) groups is 1. The van der Waals surface area contributed by atoms with Crippen LogP contribution in [0.25, 0.3) is 39.1 Å². The lowest BCUT2D eigenvalue weighted by Gasteiger charge is -2.27. The van der Waals surface area contributed by atoms with Crippen molar-refractivity contribution in [3.8, 4) is 22.4 Å². The number of nitrogens with one attached hydrogen (secondary N) is 2. The van der Waals surface area contributed by atoms with E-state index < -0.39 is 0 Å². The van der Waals surface area contributed by atoms with Crippen molar-refractivity contribution in [3.05, 3.63) is 66.2 Å². The molecule has 1 aliphatic carbocycles. The molecule has 4 heterocycles. The van der Waals surface area contributed by atoms with Crippen LogP contribution in [-0.2, 0) is 11.2 Å². The van der Waals surface area contributed by atoms with Gasteiger partial charge in [-0.2, -0.15) is 14.7 Å². The molecule has 1 aromatic carbocycles. The predicted octanol–water partition coefficient (Wildman–Crippen LogP) is 3.98. The van der Waals surface area contributed by atoms with Crippen molar-refractivity contribution in [2.45, 2.75) is 39.0 Å². The number of nitrogens with zero attached hydrogens (tertiary/aromatic N) is 5. The molecule has 36 heavy (non-hydrogen) atoms. The maximum atomic E-state index is 11.9. The number of hydrogen-bond donors (Lipinski definition) is 3. The molecule has 0 aliphatic heterocycles. The quantitative estimate of drug-likeness (QED) is 0.198. The lowest BCUT2D eigenvalue weighted by molar-refractivity contribution is -0.126. The number of aromatic amines is 1. The maximum absolute atomic E-state index is 11.9. The van der Waals surface area contributed by atoms with E-state index in [1.54, 1.807) is 0 Å². The molecule has 1 saturated carbocycles.